The minimum Gasteiger partial charge on any atom is -0.385 e. The molecule has 0 bridgehead atoms. The van der Waals surface area contributed by atoms with E-state index in [2.05, 4.69) is 16.8 Å². The zero-order valence-electron chi connectivity index (χ0n) is 12.8. The van der Waals surface area contributed by atoms with Gasteiger partial charge in [-0.2, -0.15) is 0 Å². The maximum absolute atomic E-state index is 12.9. The van der Waals surface area contributed by atoms with Crippen LogP contribution in [0.4, 0.5) is 0 Å². The van der Waals surface area contributed by atoms with E-state index in [0.29, 0.717) is 6.61 Å². The highest BCUT2D eigenvalue weighted by molar-refractivity contribution is 7.10. The predicted octanol–water partition coefficient (Wildman–Crippen LogP) is 3.84. The number of fused-ring (bicyclic) bond motifs is 1. The topological polar surface area (TPSA) is 38.3 Å². The summed E-state index contributed by atoms with van der Waals surface area (Å²) >= 11 is 1.83. The Balaban J connectivity index is 1.71. The number of aryl methyl sites for hydroxylation is 1. The number of thiophene rings is 1. The van der Waals surface area contributed by atoms with Gasteiger partial charge in [-0.05, 0) is 55.5 Å². The third-order valence-electron chi connectivity index (χ3n) is 5.18. The van der Waals surface area contributed by atoms with Gasteiger partial charge in [0.1, 0.15) is 0 Å². The Hall–Kier alpha value is -0.870. The van der Waals surface area contributed by atoms with E-state index in [1.165, 1.54) is 36.1 Å². The van der Waals surface area contributed by atoms with Crippen LogP contribution in [-0.2, 0) is 16.0 Å². The number of ether oxygens (including phenoxy) is 1. The number of methoxy groups -OCH3 is 1. The zero-order chi connectivity index (χ0) is 14.7. The standard InChI is InChI=1S/C17H25NO2S/c1-20-11-10-17(8-2-3-9-17)16(19)18-14-5-4-6-15-13(14)7-12-21-15/h7,12,14H,2-6,8-11H2,1H3,(H,18,19). The number of hydrogen-bond donors (Lipinski definition) is 1. The zero-order valence-corrected chi connectivity index (χ0v) is 13.6. The van der Waals surface area contributed by atoms with Crippen LogP contribution >= 0.6 is 11.3 Å². The molecule has 1 aromatic rings. The molecule has 1 N–H and O–H groups in total. The second kappa shape index (κ2) is 6.49. The Morgan fingerprint density at radius 2 is 2.24 bits per heavy atom. The summed E-state index contributed by atoms with van der Waals surface area (Å²) in [7, 11) is 1.72. The SMILES string of the molecule is COCCC1(C(=O)NC2CCCc3sccc32)CCCC1. The molecule has 0 radical (unpaired) electrons. The Kier molecular flexibility index (Phi) is 4.65. The van der Waals surface area contributed by atoms with E-state index in [1.807, 2.05) is 11.3 Å². The third kappa shape index (κ3) is 3.02. The number of nitrogens with one attached hydrogen (secondary N) is 1. The second-order valence-electron chi connectivity index (χ2n) is 6.45. The maximum atomic E-state index is 12.9. The van der Waals surface area contributed by atoms with Gasteiger partial charge in [0.05, 0.1) is 11.5 Å². The van der Waals surface area contributed by atoms with E-state index in [4.69, 9.17) is 4.74 Å². The van der Waals surface area contributed by atoms with Crippen molar-refractivity contribution in [1.29, 1.82) is 0 Å². The molecule has 1 atom stereocenters. The van der Waals surface area contributed by atoms with Gasteiger partial charge in [-0.3, -0.25) is 4.79 Å². The molecule has 0 saturated heterocycles. The quantitative estimate of drug-likeness (QED) is 0.897. The monoisotopic (exact) mass is 307 g/mol. The Morgan fingerprint density at radius 1 is 1.43 bits per heavy atom. The van der Waals surface area contributed by atoms with E-state index in [0.717, 1.165) is 25.7 Å². The Morgan fingerprint density at radius 3 is 3.00 bits per heavy atom. The van der Waals surface area contributed by atoms with Crippen LogP contribution in [0, 0.1) is 5.41 Å². The van der Waals surface area contributed by atoms with Crippen LogP contribution in [0.1, 0.15) is 61.4 Å². The molecular formula is C17H25NO2S. The second-order valence-corrected chi connectivity index (χ2v) is 7.45. The molecule has 3 rings (SSSR count). The van der Waals surface area contributed by atoms with Gasteiger partial charge < -0.3 is 10.1 Å². The fraction of sp³-hybridized carbons (Fsp3) is 0.706. The van der Waals surface area contributed by atoms with E-state index in [9.17, 15) is 4.79 Å². The van der Waals surface area contributed by atoms with Gasteiger partial charge >= 0.3 is 0 Å². The van der Waals surface area contributed by atoms with Crippen LogP contribution in [0.25, 0.3) is 0 Å². The summed E-state index contributed by atoms with van der Waals surface area (Å²) in [6, 6.07) is 2.42. The largest absolute Gasteiger partial charge is 0.385 e. The molecule has 3 nitrogen and oxygen atoms in total. The summed E-state index contributed by atoms with van der Waals surface area (Å²) in [5.41, 5.74) is 1.18. The van der Waals surface area contributed by atoms with Crippen LogP contribution in [0.3, 0.4) is 0 Å². The minimum atomic E-state index is -0.177. The Bertz CT molecular complexity index is 491. The normalized spacial score (nSPS) is 23.8. The van der Waals surface area contributed by atoms with E-state index < -0.39 is 0 Å². The highest BCUT2D eigenvalue weighted by Gasteiger charge is 2.41. The first-order valence-corrected chi connectivity index (χ1v) is 8.99. The molecule has 1 fully saturated rings. The number of hydrogen-bond acceptors (Lipinski definition) is 3. The minimum absolute atomic E-state index is 0.177. The molecular weight excluding hydrogens is 282 g/mol. The van der Waals surface area contributed by atoms with Crippen molar-refractivity contribution in [2.45, 2.75) is 57.4 Å². The van der Waals surface area contributed by atoms with Crippen molar-refractivity contribution in [2.24, 2.45) is 5.41 Å². The highest BCUT2D eigenvalue weighted by atomic mass is 32.1. The lowest BCUT2D eigenvalue weighted by Crippen LogP contribution is -2.42. The van der Waals surface area contributed by atoms with Gasteiger partial charge in [0.2, 0.25) is 5.91 Å². The molecule has 0 aromatic carbocycles. The summed E-state index contributed by atoms with van der Waals surface area (Å²) < 4.78 is 5.23. The van der Waals surface area contributed by atoms with Gasteiger partial charge in [-0.15, -0.1) is 11.3 Å². The van der Waals surface area contributed by atoms with E-state index in [-0.39, 0.29) is 17.4 Å². The highest BCUT2D eigenvalue weighted by Crippen LogP contribution is 2.42. The molecule has 1 aromatic heterocycles. The van der Waals surface area contributed by atoms with Crippen LogP contribution in [0.2, 0.25) is 0 Å². The van der Waals surface area contributed by atoms with Crippen molar-refractivity contribution >= 4 is 17.2 Å². The molecule has 2 aliphatic rings. The van der Waals surface area contributed by atoms with Gasteiger partial charge in [0, 0.05) is 18.6 Å². The fourth-order valence-electron chi connectivity index (χ4n) is 3.89. The number of amides is 1. The fourth-order valence-corrected chi connectivity index (χ4v) is 4.87. The van der Waals surface area contributed by atoms with Crippen LogP contribution < -0.4 is 5.32 Å². The summed E-state index contributed by atoms with van der Waals surface area (Å²) in [5.74, 6) is 0.265. The van der Waals surface area contributed by atoms with Crippen molar-refractivity contribution in [3.8, 4) is 0 Å². The van der Waals surface area contributed by atoms with Crippen LogP contribution in [0.5, 0.6) is 0 Å². The molecule has 1 heterocycles. The first kappa shape index (κ1) is 15.0. The smallest absolute Gasteiger partial charge is 0.226 e. The molecule has 0 aliphatic heterocycles. The summed E-state index contributed by atoms with van der Waals surface area (Å²) in [6.45, 7) is 0.682. The number of rotatable bonds is 5. The van der Waals surface area contributed by atoms with Gasteiger partial charge in [-0.1, -0.05) is 12.8 Å². The average molecular weight is 307 g/mol. The average Bonchev–Trinajstić information content (AvgIpc) is 3.15. The lowest BCUT2D eigenvalue weighted by atomic mass is 9.81. The lowest BCUT2D eigenvalue weighted by Gasteiger charge is -2.31. The molecule has 1 saturated carbocycles. The molecule has 1 amide bonds. The third-order valence-corrected chi connectivity index (χ3v) is 6.18. The lowest BCUT2D eigenvalue weighted by molar-refractivity contribution is -0.132. The van der Waals surface area contributed by atoms with Gasteiger partial charge in [-0.25, -0.2) is 0 Å². The first-order valence-electron chi connectivity index (χ1n) is 8.11. The molecule has 1 unspecified atom stereocenters. The van der Waals surface area contributed by atoms with Crippen molar-refractivity contribution in [1.82, 2.24) is 5.32 Å². The molecule has 4 heteroatoms. The molecule has 0 spiro atoms. The van der Waals surface area contributed by atoms with Crippen molar-refractivity contribution in [3.63, 3.8) is 0 Å². The molecule has 116 valence electrons. The summed E-state index contributed by atoms with van der Waals surface area (Å²) in [6.07, 6.45) is 8.68. The summed E-state index contributed by atoms with van der Waals surface area (Å²) in [5, 5.41) is 5.52. The van der Waals surface area contributed by atoms with Crippen molar-refractivity contribution < 1.29 is 9.53 Å². The van der Waals surface area contributed by atoms with Gasteiger partial charge in [0.25, 0.3) is 0 Å². The number of carbonyl (C=O) groups is 1. The van der Waals surface area contributed by atoms with E-state index in [1.54, 1.807) is 7.11 Å². The predicted molar refractivity (Wildman–Crippen MR) is 85.5 cm³/mol. The molecule has 21 heavy (non-hydrogen) atoms. The number of carbonyl (C=O) groups excluding carboxylic acids is 1. The van der Waals surface area contributed by atoms with Crippen molar-refractivity contribution in [2.75, 3.05) is 13.7 Å². The van der Waals surface area contributed by atoms with E-state index >= 15 is 0 Å². The van der Waals surface area contributed by atoms with Crippen LogP contribution in [0.15, 0.2) is 11.4 Å². The summed E-state index contributed by atoms with van der Waals surface area (Å²) in [4.78, 5) is 14.4. The Labute approximate surface area is 131 Å². The van der Waals surface area contributed by atoms with Crippen molar-refractivity contribution in [3.05, 3.63) is 21.9 Å². The first-order chi connectivity index (χ1) is 10.2. The maximum Gasteiger partial charge on any atom is 0.226 e. The van der Waals surface area contributed by atoms with Gasteiger partial charge in [0.15, 0.2) is 0 Å². The molecule has 2 aliphatic carbocycles. The van der Waals surface area contributed by atoms with Crippen LogP contribution in [-0.4, -0.2) is 19.6 Å².